The molecule has 4 N–H and O–H groups in total. The van der Waals surface area contributed by atoms with Crippen molar-refractivity contribution in [2.75, 3.05) is 11.1 Å². The van der Waals surface area contributed by atoms with Crippen LogP contribution in [0.15, 0.2) is 30.3 Å². The summed E-state index contributed by atoms with van der Waals surface area (Å²) in [5, 5.41) is 12.4. The lowest BCUT2D eigenvalue weighted by atomic mass is 10.2. The number of hydrogen-bond donors (Lipinski definition) is 3. The average molecular weight is 272 g/mol. The van der Waals surface area contributed by atoms with Gasteiger partial charge in [-0.2, -0.15) is 0 Å². The Morgan fingerprint density at radius 1 is 1.15 bits per heavy atom. The zero-order valence-electron chi connectivity index (χ0n) is 10.6. The molecule has 102 valence electrons. The van der Waals surface area contributed by atoms with E-state index in [9.17, 15) is 9.90 Å². The highest BCUT2D eigenvalue weighted by Gasteiger charge is 2.22. The van der Waals surface area contributed by atoms with E-state index in [1.165, 1.54) is 13.0 Å². The van der Waals surface area contributed by atoms with Gasteiger partial charge in [-0.05, 0) is 12.1 Å². The summed E-state index contributed by atoms with van der Waals surface area (Å²) in [7, 11) is 0. The van der Waals surface area contributed by atoms with Crippen molar-refractivity contribution in [2.45, 2.75) is 6.92 Å². The number of amides is 1. The quantitative estimate of drug-likeness (QED) is 0.592. The van der Waals surface area contributed by atoms with Crippen LogP contribution in [-0.2, 0) is 4.79 Å². The van der Waals surface area contributed by atoms with Crippen LogP contribution in [0.4, 0.5) is 11.4 Å². The summed E-state index contributed by atoms with van der Waals surface area (Å²) in [5.41, 5.74) is 6.61. The molecule has 20 heavy (non-hydrogen) atoms. The summed E-state index contributed by atoms with van der Waals surface area (Å²) >= 11 is 0. The number of rotatable bonds is 1. The number of hydrogen-bond acceptors (Lipinski definition) is 5. The second-order valence-electron chi connectivity index (χ2n) is 4.41. The number of aromatic hydroxyl groups is 1. The molecule has 0 saturated carbocycles. The first-order valence-electron chi connectivity index (χ1n) is 5.93. The smallest absolute Gasteiger partial charge is 0.221 e. The lowest BCUT2D eigenvalue weighted by molar-refractivity contribution is -0.114. The van der Waals surface area contributed by atoms with Crippen LogP contribution in [0.2, 0.25) is 0 Å². The number of carbonyl (C=O) groups excluding carboxylic acids is 1. The minimum absolute atomic E-state index is 0.0865. The molecule has 1 heterocycles. The molecule has 1 aliphatic heterocycles. The molecule has 0 atom stereocenters. The molecule has 0 radical (unpaired) electrons. The second kappa shape index (κ2) is 4.34. The Bertz CT molecular complexity index is 713. The van der Waals surface area contributed by atoms with Crippen molar-refractivity contribution < 1.29 is 19.4 Å². The SMILES string of the molecule is CC(=O)Nc1ccc2c(c1)Oc1cc(N)cc(O)c1O2. The topological polar surface area (TPSA) is 93.8 Å². The van der Waals surface area contributed by atoms with Crippen LogP contribution in [0, 0.1) is 0 Å². The molecule has 2 aromatic carbocycles. The number of nitrogens with two attached hydrogens (primary N) is 1. The first kappa shape index (κ1) is 12.2. The number of phenols is 1. The maximum atomic E-state index is 11.0. The summed E-state index contributed by atoms with van der Waals surface area (Å²) in [6.45, 7) is 1.42. The lowest BCUT2D eigenvalue weighted by Crippen LogP contribution is -2.06. The van der Waals surface area contributed by atoms with Gasteiger partial charge < -0.3 is 25.6 Å². The Morgan fingerprint density at radius 2 is 1.95 bits per heavy atom. The first-order valence-corrected chi connectivity index (χ1v) is 5.93. The van der Waals surface area contributed by atoms with Gasteiger partial charge in [-0.25, -0.2) is 0 Å². The molecule has 1 amide bonds. The largest absolute Gasteiger partial charge is 0.504 e. The van der Waals surface area contributed by atoms with E-state index < -0.39 is 0 Å². The third-order valence-electron chi connectivity index (χ3n) is 2.75. The summed E-state index contributed by atoms with van der Waals surface area (Å²) in [4.78, 5) is 11.0. The molecule has 0 bridgehead atoms. The first-order chi connectivity index (χ1) is 9.52. The predicted octanol–water partition coefficient (Wildman–Crippen LogP) is 2.83. The maximum Gasteiger partial charge on any atom is 0.221 e. The summed E-state index contributed by atoms with van der Waals surface area (Å²) in [5.74, 6) is 1.18. The van der Waals surface area contributed by atoms with Crippen LogP contribution in [0.3, 0.4) is 0 Å². The highest BCUT2D eigenvalue weighted by molar-refractivity contribution is 5.89. The van der Waals surface area contributed by atoms with Gasteiger partial charge in [0.2, 0.25) is 11.7 Å². The van der Waals surface area contributed by atoms with Crippen molar-refractivity contribution in [3.05, 3.63) is 30.3 Å². The van der Waals surface area contributed by atoms with Crippen molar-refractivity contribution >= 4 is 17.3 Å². The minimum Gasteiger partial charge on any atom is -0.504 e. The van der Waals surface area contributed by atoms with E-state index >= 15 is 0 Å². The van der Waals surface area contributed by atoms with Crippen LogP contribution in [-0.4, -0.2) is 11.0 Å². The third-order valence-corrected chi connectivity index (χ3v) is 2.75. The Hall–Kier alpha value is -2.89. The van der Waals surface area contributed by atoms with Gasteiger partial charge >= 0.3 is 0 Å². The van der Waals surface area contributed by atoms with Crippen molar-refractivity contribution in [3.8, 4) is 28.7 Å². The predicted molar refractivity (Wildman–Crippen MR) is 73.4 cm³/mol. The van der Waals surface area contributed by atoms with E-state index in [1.807, 2.05) is 0 Å². The van der Waals surface area contributed by atoms with Crippen LogP contribution in [0.5, 0.6) is 28.7 Å². The van der Waals surface area contributed by atoms with E-state index in [4.69, 9.17) is 15.2 Å². The van der Waals surface area contributed by atoms with Gasteiger partial charge in [-0.15, -0.1) is 0 Å². The van der Waals surface area contributed by atoms with Gasteiger partial charge in [-0.3, -0.25) is 4.79 Å². The molecule has 1 aliphatic rings. The zero-order valence-corrected chi connectivity index (χ0v) is 10.6. The maximum absolute atomic E-state index is 11.0. The van der Waals surface area contributed by atoms with Crippen molar-refractivity contribution in [1.29, 1.82) is 0 Å². The highest BCUT2D eigenvalue weighted by atomic mass is 16.6. The number of carbonyl (C=O) groups is 1. The number of nitrogens with one attached hydrogen (secondary N) is 1. The van der Waals surface area contributed by atoms with Gasteiger partial charge in [0.25, 0.3) is 0 Å². The average Bonchev–Trinajstić information content (AvgIpc) is 2.35. The molecule has 0 aliphatic carbocycles. The number of ether oxygens (including phenoxy) is 2. The van der Waals surface area contributed by atoms with Crippen molar-refractivity contribution in [1.82, 2.24) is 0 Å². The van der Waals surface area contributed by atoms with Crippen molar-refractivity contribution in [3.63, 3.8) is 0 Å². The van der Waals surface area contributed by atoms with E-state index in [0.29, 0.717) is 28.6 Å². The molecule has 3 rings (SSSR count). The van der Waals surface area contributed by atoms with Crippen LogP contribution in [0.25, 0.3) is 0 Å². The molecular weight excluding hydrogens is 260 g/mol. The summed E-state index contributed by atoms with van der Waals surface area (Å²) in [6.07, 6.45) is 0. The molecular formula is C14H12N2O4. The molecule has 6 nitrogen and oxygen atoms in total. The monoisotopic (exact) mass is 272 g/mol. The highest BCUT2D eigenvalue weighted by Crippen LogP contribution is 2.50. The third kappa shape index (κ3) is 2.07. The zero-order chi connectivity index (χ0) is 14.3. The fraction of sp³-hybridized carbons (Fsp3) is 0.0714. The molecule has 2 aromatic rings. The fourth-order valence-corrected chi connectivity index (χ4v) is 1.97. The van der Waals surface area contributed by atoms with Crippen LogP contribution < -0.4 is 20.5 Å². The van der Waals surface area contributed by atoms with E-state index in [-0.39, 0.29) is 17.4 Å². The van der Waals surface area contributed by atoms with Gasteiger partial charge in [0.05, 0.1) is 0 Å². The van der Waals surface area contributed by atoms with Crippen molar-refractivity contribution in [2.24, 2.45) is 0 Å². The number of fused-ring (bicyclic) bond motifs is 2. The van der Waals surface area contributed by atoms with Crippen LogP contribution in [0.1, 0.15) is 6.92 Å². The normalized spacial score (nSPS) is 11.7. The standard InChI is InChI=1S/C14H12N2O4/c1-7(17)16-9-2-3-11-12(6-9)19-13-5-8(15)4-10(18)14(13)20-11/h2-6,18H,15H2,1H3,(H,16,17). The fourth-order valence-electron chi connectivity index (χ4n) is 1.97. The Morgan fingerprint density at radius 3 is 2.70 bits per heavy atom. The number of benzene rings is 2. The van der Waals surface area contributed by atoms with Gasteiger partial charge in [0.15, 0.2) is 23.0 Å². The van der Waals surface area contributed by atoms with Gasteiger partial charge in [0, 0.05) is 36.5 Å². The number of phenolic OH excluding ortho intramolecular Hbond substituents is 1. The molecule has 0 aromatic heterocycles. The molecule has 0 saturated heterocycles. The molecule has 0 unspecified atom stereocenters. The molecule has 6 heteroatoms. The van der Waals surface area contributed by atoms with Gasteiger partial charge in [0.1, 0.15) is 0 Å². The van der Waals surface area contributed by atoms with E-state index in [2.05, 4.69) is 5.32 Å². The summed E-state index contributed by atoms with van der Waals surface area (Å²) in [6, 6.07) is 7.92. The minimum atomic E-state index is -0.177. The molecule has 0 spiro atoms. The molecule has 0 fully saturated rings. The lowest BCUT2D eigenvalue weighted by Gasteiger charge is -2.22. The summed E-state index contributed by atoms with van der Waals surface area (Å²) < 4.78 is 11.2. The number of nitrogen functional groups attached to an aromatic ring is 1. The Kier molecular flexibility index (Phi) is 2.64. The van der Waals surface area contributed by atoms with Crippen LogP contribution >= 0.6 is 0 Å². The Labute approximate surface area is 114 Å². The second-order valence-corrected chi connectivity index (χ2v) is 4.41. The van der Waals surface area contributed by atoms with E-state index in [0.717, 1.165) is 0 Å². The van der Waals surface area contributed by atoms with Gasteiger partial charge in [-0.1, -0.05) is 0 Å². The number of anilines is 2. The van der Waals surface area contributed by atoms with E-state index in [1.54, 1.807) is 24.3 Å². The Balaban J connectivity index is 2.00.